The normalized spacial score (nSPS) is 10.2. The van der Waals surface area contributed by atoms with Gasteiger partial charge in [0, 0.05) is 18.1 Å². The smallest absolute Gasteiger partial charge is 0.374 e. The van der Waals surface area contributed by atoms with Crippen molar-refractivity contribution in [1.29, 1.82) is 0 Å². The minimum atomic E-state index is -0.973. The highest BCUT2D eigenvalue weighted by atomic mass is 35.5. The number of fused-ring (bicyclic) bond motifs is 1. The van der Waals surface area contributed by atoms with Crippen LogP contribution in [0.4, 0.5) is 0 Å². The summed E-state index contributed by atoms with van der Waals surface area (Å²) < 4.78 is 10.0. The van der Waals surface area contributed by atoms with E-state index < -0.39 is 29.8 Å². The van der Waals surface area contributed by atoms with E-state index in [0.29, 0.717) is 5.02 Å². The van der Waals surface area contributed by atoms with Gasteiger partial charge in [0.25, 0.3) is 5.91 Å². The number of benzene rings is 1. The lowest BCUT2D eigenvalue weighted by Gasteiger charge is -2.06. The average molecular weight is 353 g/mol. The van der Waals surface area contributed by atoms with Crippen molar-refractivity contribution >= 4 is 40.4 Å². The minimum Gasteiger partial charge on any atom is -0.450 e. The van der Waals surface area contributed by atoms with Crippen LogP contribution < -0.4 is 16.1 Å². The van der Waals surface area contributed by atoms with E-state index in [-0.39, 0.29) is 23.3 Å². The first-order chi connectivity index (χ1) is 11.4. The molecule has 8 nitrogen and oxygen atoms in total. The molecule has 2 amide bonds. The molecular weight excluding hydrogens is 340 g/mol. The average Bonchev–Trinajstić information content (AvgIpc) is 2.57. The molecular formula is C15H13ClN2O6. The van der Waals surface area contributed by atoms with Crippen LogP contribution in [0.2, 0.25) is 5.02 Å². The van der Waals surface area contributed by atoms with Crippen molar-refractivity contribution in [3.8, 4) is 0 Å². The van der Waals surface area contributed by atoms with E-state index in [2.05, 4.69) is 10.6 Å². The molecule has 0 saturated heterocycles. The molecule has 24 heavy (non-hydrogen) atoms. The maximum Gasteiger partial charge on any atom is 0.374 e. The van der Waals surface area contributed by atoms with Gasteiger partial charge in [0.1, 0.15) is 5.58 Å². The number of carbonyl (C=O) groups is 3. The summed E-state index contributed by atoms with van der Waals surface area (Å²) in [6.07, 6.45) is 0. The lowest BCUT2D eigenvalue weighted by atomic mass is 10.2. The van der Waals surface area contributed by atoms with Gasteiger partial charge in [0.15, 0.2) is 12.0 Å². The third-order valence-corrected chi connectivity index (χ3v) is 3.18. The van der Waals surface area contributed by atoms with Gasteiger partial charge in [-0.3, -0.25) is 14.4 Å². The maximum atomic E-state index is 12.0. The Hall–Kier alpha value is -2.87. The van der Waals surface area contributed by atoms with E-state index in [1.165, 1.54) is 25.2 Å². The molecule has 9 heteroatoms. The van der Waals surface area contributed by atoms with E-state index in [9.17, 15) is 19.2 Å². The van der Waals surface area contributed by atoms with E-state index >= 15 is 0 Å². The largest absolute Gasteiger partial charge is 0.450 e. The van der Waals surface area contributed by atoms with Gasteiger partial charge in [-0.2, -0.15) is 0 Å². The number of amides is 2. The van der Waals surface area contributed by atoms with Crippen LogP contribution >= 0.6 is 11.6 Å². The van der Waals surface area contributed by atoms with Gasteiger partial charge in [-0.25, -0.2) is 4.79 Å². The van der Waals surface area contributed by atoms with Gasteiger partial charge in [-0.05, 0) is 18.2 Å². The van der Waals surface area contributed by atoms with Crippen LogP contribution in [0, 0.1) is 0 Å². The number of likely N-dealkylation sites (N-methyl/N-ethyl adjacent to an activating group) is 1. The van der Waals surface area contributed by atoms with Crippen LogP contribution in [0.1, 0.15) is 10.6 Å². The SMILES string of the molecule is CNC(=O)CNC(=O)COC(=O)c1cc(=O)c2cc(Cl)ccc2o1. The number of halogens is 1. The monoisotopic (exact) mass is 352 g/mol. The second kappa shape index (κ2) is 7.60. The van der Waals surface area contributed by atoms with Crippen LogP contribution in [-0.2, 0) is 14.3 Å². The highest BCUT2D eigenvalue weighted by molar-refractivity contribution is 6.31. The molecule has 0 aliphatic rings. The summed E-state index contributed by atoms with van der Waals surface area (Å²) in [6.45, 7) is -0.850. The fourth-order valence-electron chi connectivity index (χ4n) is 1.75. The van der Waals surface area contributed by atoms with Crippen LogP contribution in [0.25, 0.3) is 11.0 Å². The Morgan fingerprint density at radius 3 is 2.67 bits per heavy atom. The van der Waals surface area contributed by atoms with Gasteiger partial charge in [-0.1, -0.05) is 11.6 Å². The topological polar surface area (TPSA) is 115 Å². The molecule has 0 saturated carbocycles. The fourth-order valence-corrected chi connectivity index (χ4v) is 1.92. The number of hydrogen-bond donors (Lipinski definition) is 2. The molecule has 0 fully saturated rings. The number of rotatable bonds is 5. The Morgan fingerprint density at radius 2 is 1.96 bits per heavy atom. The first kappa shape index (κ1) is 17.5. The Morgan fingerprint density at radius 1 is 1.21 bits per heavy atom. The molecule has 2 N–H and O–H groups in total. The highest BCUT2D eigenvalue weighted by Crippen LogP contribution is 2.17. The van der Waals surface area contributed by atoms with E-state index in [1.54, 1.807) is 0 Å². The van der Waals surface area contributed by atoms with Crippen molar-refractivity contribution in [2.24, 2.45) is 0 Å². The van der Waals surface area contributed by atoms with Crippen molar-refractivity contribution < 1.29 is 23.5 Å². The van der Waals surface area contributed by atoms with E-state index in [1.807, 2.05) is 0 Å². The molecule has 0 spiro atoms. The molecule has 0 unspecified atom stereocenters. The summed E-state index contributed by atoms with van der Waals surface area (Å²) in [5.41, 5.74) is -0.294. The molecule has 1 aromatic carbocycles. The lowest BCUT2D eigenvalue weighted by molar-refractivity contribution is -0.127. The van der Waals surface area contributed by atoms with Crippen molar-refractivity contribution in [1.82, 2.24) is 10.6 Å². The number of esters is 1. The van der Waals surface area contributed by atoms with Gasteiger partial charge in [0.05, 0.1) is 11.9 Å². The summed E-state index contributed by atoms with van der Waals surface area (Å²) in [4.78, 5) is 46.2. The van der Waals surface area contributed by atoms with Crippen molar-refractivity contribution in [2.75, 3.05) is 20.2 Å². The molecule has 2 rings (SSSR count). The molecule has 0 bridgehead atoms. The Balaban J connectivity index is 2.04. The van der Waals surface area contributed by atoms with Crippen LogP contribution in [0.5, 0.6) is 0 Å². The van der Waals surface area contributed by atoms with Gasteiger partial charge >= 0.3 is 5.97 Å². The first-order valence-electron chi connectivity index (χ1n) is 6.78. The Labute approximate surface area is 140 Å². The zero-order valence-electron chi connectivity index (χ0n) is 12.6. The zero-order chi connectivity index (χ0) is 17.7. The molecule has 0 radical (unpaired) electrons. The molecule has 2 aromatic rings. The van der Waals surface area contributed by atoms with Gasteiger partial charge < -0.3 is 19.8 Å². The Bertz CT molecular complexity index is 861. The lowest BCUT2D eigenvalue weighted by Crippen LogP contribution is -2.37. The predicted octanol–water partition coefficient (Wildman–Crippen LogP) is 0.465. The molecule has 126 valence electrons. The summed E-state index contributed by atoms with van der Waals surface area (Å²) in [6, 6.07) is 5.34. The zero-order valence-corrected chi connectivity index (χ0v) is 13.3. The summed E-state index contributed by atoms with van der Waals surface area (Å²) in [7, 11) is 1.42. The summed E-state index contributed by atoms with van der Waals surface area (Å²) >= 11 is 5.79. The summed E-state index contributed by atoms with van der Waals surface area (Å²) in [5.74, 6) is -2.37. The number of ether oxygens (including phenoxy) is 1. The van der Waals surface area contributed by atoms with Crippen LogP contribution in [0.15, 0.2) is 33.5 Å². The molecule has 1 aromatic heterocycles. The standard InChI is InChI=1S/C15H13ClN2O6/c1-17-13(20)6-18-14(21)7-23-15(22)12-5-10(19)9-4-8(16)2-3-11(9)24-12/h2-5H,6-7H2,1H3,(H,17,20)(H,18,21). The second-order valence-electron chi connectivity index (χ2n) is 4.64. The van der Waals surface area contributed by atoms with E-state index in [4.69, 9.17) is 20.8 Å². The number of nitrogens with one attached hydrogen (secondary N) is 2. The first-order valence-corrected chi connectivity index (χ1v) is 7.16. The van der Waals surface area contributed by atoms with E-state index in [0.717, 1.165) is 6.07 Å². The molecule has 0 atom stereocenters. The van der Waals surface area contributed by atoms with Gasteiger partial charge in [0.2, 0.25) is 11.7 Å². The van der Waals surface area contributed by atoms with Crippen molar-refractivity contribution in [2.45, 2.75) is 0 Å². The third kappa shape index (κ3) is 4.32. The molecule has 0 aliphatic carbocycles. The minimum absolute atomic E-state index is 0.169. The van der Waals surface area contributed by atoms with Crippen molar-refractivity contribution in [3.63, 3.8) is 0 Å². The Kier molecular flexibility index (Phi) is 5.54. The second-order valence-corrected chi connectivity index (χ2v) is 5.08. The third-order valence-electron chi connectivity index (χ3n) is 2.95. The highest BCUT2D eigenvalue weighted by Gasteiger charge is 2.16. The van der Waals surface area contributed by atoms with Crippen LogP contribution in [-0.4, -0.2) is 38.0 Å². The van der Waals surface area contributed by atoms with Gasteiger partial charge in [-0.15, -0.1) is 0 Å². The fraction of sp³-hybridized carbons (Fsp3) is 0.200. The van der Waals surface area contributed by atoms with Crippen LogP contribution in [0.3, 0.4) is 0 Å². The predicted molar refractivity (Wildman–Crippen MR) is 84.9 cm³/mol. The maximum absolute atomic E-state index is 12.0. The molecule has 1 heterocycles. The summed E-state index contributed by atoms with van der Waals surface area (Å²) in [5, 5.41) is 5.15. The number of carbonyl (C=O) groups excluding carboxylic acids is 3. The van der Waals surface area contributed by atoms with Crippen molar-refractivity contribution in [3.05, 3.63) is 45.3 Å². The quantitative estimate of drug-likeness (QED) is 0.756. The molecule has 0 aliphatic heterocycles. The number of hydrogen-bond acceptors (Lipinski definition) is 6.